The summed E-state index contributed by atoms with van der Waals surface area (Å²) in [6.45, 7) is 1.70. The zero-order valence-corrected chi connectivity index (χ0v) is 18.9. The molecule has 5 rings (SSSR count). The molecule has 2 aromatic carbocycles. The summed E-state index contributed by atoms with van der Waals surface area (Å²) in [5.74, 6) is 1.87. The molecule has 172 valence electrons. The molecule has 0 saturated carbocycles. The largest absolute Gasteiger partial charge is 0.485 e. The zero-order valence-electron chi connectivity index (χ0n) is 18.9. The molecule has 0 bridgehead atoms. The molecule has 3 heterocycles. The number of benzene rings is 2. The Morgan fingerprint density at radius 1 is 0.939 bits per heavy atom. The van der Waals surface area contributed by atoms with Crippen molar-refractivity contribution in [3.8, 4) is 5.75 Å². The number of unbranched alkanes of at least 4 members (excludes halogenated alkanes) is 3. The molecule has 4 N–H and O–H groups in total. The third-order valence-corrected chi connectivity index (χ3v) is 5.74. The van der Waals surface area contributed by atoms with E-state index < -0.39 is 0 Å². The minimum Gasteiger partial charge on any atom is -0.485 e. The Labute approximate surface area is 194 Å². The molecule has 1 unspecified atom stereocenters. The molecular formula is C26H32N6O. The van der Waals surface area contributed by atoms with E-state index in [4.69, 9.17) is 10.5 Å². The normalized spacial score (nSPS) is 14.6. The van der Waals surface area contributed by atoms with E-state index in [1.165, 1.54) is 30.3 Å². The van der Waals surface area contributed by atoms with Crippen LogP contribution >= 0.6 is 0 Å². The second-order valence-electron chi connectivity index (χ2n) is 8.12. The summed E-state index contributed by atoms with van der Waals surface area (Å²) in [6.07, 6.45) is 10.2. The van der Waals surface area contributed by atoms with Crippen molar-refractivity contribution in [2.45, 2.75) is 44.6 Å². The highest BCUT2D eigenvalue weighted by Gasteiger charge is 2.20. The van der Waals surface area contributed by atoms with Crippen molar-refractivity contribution in [1.29, 1.82) is 0 Å². The van der Waals surface area contributed by atoms with Crippen molar-refractivity contribution in [2.24, 2.45) is 5.73 Å². The quantitative estimate of drug-likeness (QED) is 0.329. The second kappa shape index (κ2) is 12.0. The van der Waals surface area contributed by atoms with Gasteiger partial charge < -0.3 is 20.8 Å². The number of anilines is 1. The minimum atomic E-state index is 0.219. The number of nitrogens with one attached hydrogen (secondary N) is 2. The van der Waals surface area contributed by atoms with Gasteiger partial charge in [-0.1, -0.05) is 61.4 Å². The minimum absolute atomic E-state index is 0.219. The lowest BCUT2D eigenvalue weighted by Crippen LogP contribution is -2.14. The van der Waals surface area contributed by atoms with Gasteiger partial charge in [-0.3, -0.25) is 0 Å². The van der Waals surface area contributed by atoms with Crippen LogP contribution in [0, 0.1) is 0 Å². The topological polar surface area (TPSA) is 102 Å². The van der Waals surface area contributed by atoms with Gasteiger partial charge in [-0.2, -0.15) is 0 Å². The van der Waals surface area contributed by atoms with Crippen LogP contribution in [0.2, 0.25) is 0 Å². The van der Waals surface area contributed by atoms with Gasteiger partial charge in [-0.15, -0.1) is 0 Å². The number of ether oxygens (including phenoxy) is 1. The van der Waals surface area contributed by atoms with Crippen molar-refractivity contribution in [1.82, 2.24) is 19.9 Å². The lowest BCUT2D eigenvalue weighted by Gasteiger charge is -2.26. The van der Waals surface area contributed by atoms with E-state index in [1.54, 1.807) is 6.33 Å². The predicted molar refractivity (Wildman–Crippen MR) is 132 cm³/mol. The van der Waals surface area contributed by atoms with Crippen LogP contribution < -0.4 is 15.8 Å². The van der Waals surface area contributed by atoms with E-state index in [-0.39, 0.29) is 6.10 Å². The van der Waals surface area contributed by atoms with Crippen molar-refractivity contribution >= 4 is 17.0 Å². The van der Waals surface area contributed by atoms with Gasteiger partial charge in [0, 0.05) is 6.54 Å². The van der Waals surface area contributed by atoms with Crippen LogP contribution in [0.5, 0.6) is 5.75 Å². The Morgan fingerprint density at radius 2 is 1.76 bits per heavy atom. The number of hydrogen-bond acceptors (Lipinski definition) is 6. The summed E-state index contributed by atoms with van der Waals surface area (Å²) < 4.78 is 6.02. The second-order valence-corrected chi connectivity index (χ2v) is 8.12. The van der Waals surface area contributed by atoms with Crippen LogP contribution in [0.15, 0.2) is 67.3 Å². The molecule has 0 spiro atoms. The number of imidazole rings is 1. The molecule has 0 fully saturated rings. The van der Waals surface area contributed by atoms with Gasteiger partial charge in [-0.25, -0.2) is 15.0 Å². The zero-order chi connectivity index (χ0) is 22.7. The van der Waals surface area contributed by atoms with Crippen LogP contribution in [0.25, 0.3) is 11.2 Å². The van der Waals surface area contributed by atoms with Gasteiger partial charge in [0.1, 0.15) is 23.7 Å². The van der Waals surface area contributed by atoms with E-state index in [2.05, 4.69) is 67.7 Å². The van der Waals surface area contributed by atoms with E-state index in [1.807, 2.05) is 12.1 Å². The lowest BCUT2D eigenvalue weighted by atomic mass is 9.98. The highest BCUT2D eigenvalue weighted by molar-refractivity contribution is 5.81. The molecule has 0 radical (unpaired) electrons. The molecule has 33 heavy (non-hydrogen) atoms. The summed E-state index contributed by atoms with van der Waals surface area (Å²) in [5, 5.41) is 3.30. The molecule has 1 aliphatic heterocycles. The molecule has 2 aromatic heterocycles. The van der Waals surface area contributed by atoms with Crippen molar-refractivity contribution < 1.29 is 4.74 Å². The molecule has 0 saturated heterocycles. The van der Waals surface area contributed by atoms with Crippen LogP contribution in [-0.2, 0) is 6.42 Å². The van der Waals surface area contributed by atoms with Gasteiger partial charge in [0.25, 0.3) is 0 Å². The SMILES string of the molecule is NCCCCCCNc1ncnc2nc[nH]c12.c1ccc(C2CCc3ccccc3O2)cc1. The Hall–Kier alpha value is -3.45. The maximum atomic E-state index is 6.02. The predicted octanol–water partition coefficient (Wildman–Crippen LogP) is 5.04. The fourth-order valence-electron chi connectivity index (χ4n) is 3.96. The summed E-state index contributed by atoms with van der Waals surface area (Å²) in [4.78, 5) is 15.4. The fourth-order valence-corrected chi connectivity index (χ4v) is 3.96. The lowest BCUT2D eigenvalue weighted by molar-refractivity contribution is 0.176. The van der Waals surface area contributed by atoms with E-state index >= 15 is 0 Å². The average Bonchev–Trinajstić information content (AvgIpc) is 3.37. The molecule has 1 aliphatic rings. The summed E-state index contributed by atoms with van der Waals surface area (Å²) in [5.41, 5.74) is 9.61. The monoisotopic (exact) mass is 444 g/mol. The highest BCUT2D eigenvalue weighted by Crippen LogP contribution is 2.34. The molecule has 0 aliphatic carbocycles. The molecule has 1 atom stereocenters. The molecular weight excluding hydrogens is 412 g/mol. The average molecular weight is 445 g/mol. The van der Waals surface area contributed by atoms with Gasteiger partial charge in [0.2, 0.25) is 0 Å². The van der Waals surface area contributed by atoms with Crippen LogP contribution in [0.1, 0.15) is 49.3 Å². The van der Waals surface area contributed by atoms with Crippen molar-refractivity contribution in [3.63, 3.8) is 0 Å². The molecule has 4 aromatic rings. The van der Waals surface area contributed by atoms with Gasteiger partial charge >= 0.3 is 0 Å². The summed E-state index contributed by atoms with van der Waals surface area (Å²) >= 11 is 0. The van der Waals surface area contributed by atoms with Gasteiger partial charge in [-0.05, 0) is 49.4 Å². The Kier molecular flexibility index (Phi) is 8.25. The first kappa shape index (κ1) is 22.7. The Bertz CT molecular complexity index is 1110. The van der Waals surface area contributed by atoms with E-state index in [9.17, 15) is 0 Å². The number of nitrogens with two attached hydrogens (primary N) is 1. The number of para-hydroxylation sites is 1. The van der Waals surface area contributed by atoms with E-state index in [0.29, 0.717) is 5.65 Å². The first-order valence-electron chi connectivity index (χ1n) is 11.7. The number of aromatic amines is 1. The number of H-pyrrole nitrogens is 1. The Balaban J connectivity index is 0.000000157. The Morgan fingerprint density at radius 3 is 2.64 bits per heavy atom. The maximum Gasteiger partial charge on any atom is 0.182 e. The first-order valence-corrected chi connectivity index (χ1v) is 11.7. The smallest absolute Gasteiger partial charge is 0.182 e. The number of rotatable bonds is 8. The third-order valence-electron chi connectivity index (χ3n) is 5.74. The number of aromatic nitrogens is 4. The van der Waals surface area contributed by atoms with Gasteiger partial charge in [0.15, 0.2) is 11.5 Å². The first-order chi connectivity index (χ1) is 16.3. The van der Waals surface area contributed by atoms with E-state index in [0.717, 1.165) is 55.9 Å². The summed E-state index contributed by atoms with van der Waals surface area (Å²) in [6, 6.07) is 18.8. The molecule has 7 heteroatoms. The maximum absolute atomic E-state index is 6.02. The number of aryl methyl sites for hydroxylation is 1. The van der Waals surface area contributed by atoms with Crippen molar-refractivity contribution in [2.75, 3.05) is 18.4 Å². The van der Waals surface area contributed by atoms with Crippen LogP contribution in [-0.4, -0.2) is 33.0 Å². The molecule has 0 amide bonds. The number of nitrogens with zero attached hydrogens (tertiary/aromatic N) is 3. The van der Waals surface area contributed by atoms with Crippen molar-refractivity contribution in [3.05, 3.63) is 78.4 Å². The van der Waals surface area contributed by atoms with Gasteiger partial charge in [0.05, 0.1) is 6.33 Å². The van der Waals surface area contributed by atoms with Crippen LogP contribution in [0.3, 0.4) is 0 Å². The standard InChI is InChI=1S/C15H14O.C11H18N6/c1-2-6-12(7-3-1)15-11-10-13-8-4-5-9-14(13)16-15;12-5-3-1-2-4-6-13-10-9-11(15-7-14-9)17-8-16-10/h1-9,15H,10-11H2;7-8H,1-6,12H2,(H2,13,14,15,16,17). The van der Waals surface area contributed by atoms with Crippen LogP contribution in [0.4, 0.5) is 5.82 Å². The third kappa shape index (κ3) is 6.29. The number of fused-ring (bicyclic) bond motifs is 2. The highest BCUT2D eigenvalue weighted by atomic mass is 16.5. The number of hydrogen-bond donors (Lipinski definition) is 3. The molecule has 7 nitrogen and oxygen atoms in total. The summed E-state index contributed by atoms with van der Waals surface area (Å²) in [7, 11) is 0. The fraction of sp³-hybridized carbons (Fsp3) is 0.346.